The van der Waals surface area contributed by atoms with Gasteiger partial charge in [0.1, 0.15) is 17.3 Å². The molecule has 0 saturated carbocycles. The Hall–Kier alpha value is -2.55. The van der Waals surface area contributed by atoms with Crippen molar-refractivity contribution < 1.29 is 4.39 Å². The van der Waals surface area contributed by atoms with Gasteiger partial charge in [-0.05, 0) is 46.9 Å². The SMILES string of the molecule is Nc1ncccc1-c1cn2cc(-c3ccc(F)cn3)ncc2c1I. The standard InChI is InChI=1S/C17H11FIN5/c18-10-3-4-13(22-6-10)14-9-24-8-12(16(19)15(24)7-23-14)11-2-1-5-21-17(11)20/h1-9H,(H2,20,21). The maximum atomic E-state index is 13.0. The van der Waals surface area contributed by atoms with Crippen LogP contribution in [0.2, 0.25) is 0 Å². The van der Waals surface area contributed by atoms with Gasteiger partial charge >= 0.3 is 0 Å². The van der Waals surface area contributed by atoms with Crippen molar-refractivity contribution in [2.24, 2.45) is 0 Å². The van der Waals surface area contributed by atoms with Crippen molar-refractivity contribution in [3.63, 3.8) is 0 Å². The quantitative estimate of drug-likeness (QED) is 0.491. The fraction of sp³-hybridized carbons (Fsp3) is 0. The first-order valence-corrected chi connectivity index (χ1v) is 8.20. The van der Waals surface area contributed by atoms with Gasteiger partial charge in [0.25, 0.3) is 0 Å². The van der Waals surface area contributed by atoms with E-state index in [0.717, 1.165) is 20.2 Å². The summed E-state index contributed by atoms with van der Waals surface area (Å²) in [5.41, 5.74) is 10.1. The molecular formula is C17H11FIN5. The van der Waals surface area contributed by atoms with Crippen LogP contribution in [-0.4, -0.2) is 19.4 Å². The Kier molecular flexibility index (Phi) is 3.64. The monoisotopic (exact) mass is 431 g/mol. The molecule has 0 bridgehead atoms. The Morgan fingerprint density at radius 1 is 0.958 bits per heavy atom. The van der Waals surface area contributed by atoms with Crippen LogP contribution in [-0.2, 0) is 0 Å². The normalized spacial score (nSPS) is 11.1. The van der Waals surface area contributed by atoms with E-state index >= 15 is 0 Å². The van der Waals surface area contributed by atoms with Gasteiger partial charge in [-0.2, -0.15) is 0 Å². The summed E-state index contributed by atoms with van der Waals surface area (Å²) in [6, 6.07) is 6.78. The average Bonchev–Trinajstić information content (AvgIpc) is 2.92. The first-order valence-electron chi connectivity index (χ1n) is 7.12. The summed E-state index contributed by atoms with van der Waals surface area (Å²) < 4.78 is 16.0. The molecule has 24 heavy (non-hydrogen) atoms. The third-order valence-corrected chi connectivity index (χ3v) is 4.85. The maximum absolute atomic E-state index is 13.0. The number of nitrogen functional groups attached to an aromatic ring is 1. The summed E-state index contributed by atoms with van der Waals surface area (Å²) in [5.74, 6) is 0.115. The minimum absolute atomic E-state index is 0.371. The summed E-state index contributed by atoms with van der Waals surface area (Å²) in [4.78, 5) is 12.7. The third-order valence-electron chi connectivity index (χ3n) is 3.71. The van der Waals surface area contributed by atoms with E-state index in [1.54, 1.807) is 18.5 Å². The van der Waals surface area contributed by atoms with Crippen LogP contribution in [0.5, 0.6) is 0 Å². The van der Waals surface area contributed by atoms with Crippen LogP contribution in [0.3, 0.4) is 0 Å². The van der Waals surface area contributed by atoms with Gasteiger partial charge in [-0.15, -0.1) is 0 Å². The number of anilines is 1. The lowest BCUT2D eigenvalue weighted by Crippen LogP contribution is -1.92. The summed E-state index contributed by atoms with van der Waals surface area (Å²) in [6.45, 7) is 0. The van der Waals surface area contributed by atoms with Gasteiger partial charge in [0.2, 0.25) is 0 Å². The van der Waals surface area contributed by atoms with Crippen LogP contribution in [0.1, 0.15) is 0 Å². The summed E-state index contributed by atoms with van der Waals surface area (Å²) in [7, 11) is 0. The molecule has 5 nitrogen and oxygen atoms in total. The first-order chi connectivity index (χ1) is 11.6. The van der Waals surface area contributed by atoms with E-state index in [-0.39, 0.29) is 5.82 Å². The molecule has 0 saturated heterocycles. The highest BCUT2D eigenvalue weighted by atomic mass is 127. The molecule has 0 atom stereocenters. The Bertz CT molecular complexity index is 1040. The van der Waals surface area contributed by atoms with Gasteiger partial charge in [0.15, 0.2) is 0 Å². The summed E-state index contributed by atoms with van der Waals surface area (Å²) in [6.07, 6.45) is 8.48. The molecule has 4 aromatic heterocycles. The van der Waals surface area contributed by atoms with Gasteiger partial charge in [-0.1, -0.05) is 0 Å². The Morgan fingerprint density at radius 2 is 1.79 bits per heavy atom. The fourth-order valence-electron chi connectivity index (χ4n) is 2.54. The molecule has 7 heteroatoms. The number of nitrogens with zero attached hydrogens (tertiary/aromatic N) is 4. The summed E-state index contributed by atoms with van der Waals surface area (Å²) in [5, 5.41) is 0. The van der Waals surface area contributed by atoms with E-state index in [4.69, 9.17) is 5.73 Å². The van der Waals surface area contributed by atoms with Gasteiger partial charge in [0.05, 0.1) is 23.6 Å². The highest BCUT2D eigenvalue weighted by Crippen LogP contribution is 2.33. The minimum atomic E-state index is -0.371. The van der Waals surface area contributed by atoms with Crippen molar-refractivity contribution in [2.45, 2.75) is 0 Å². The Balaban J connectivity index is 1.87. The van der Waals surface area contributed by atoms with Crippen molar-refractivity contribution in [3.05, 3.63) is 64.6 Å². The van der Waals surface area contributed by atoms with Gasteiger partial charge in [-0.3, -0.25) is 9.97 Å². The molecule has 0 spiro atoms. The van der Waals surface area contributed by atoms with Crippen molar-refractivity contribution in [2.75, 3.05) is 5.73 Å². The number of pyridine rings is 2. The molecule has 0 aliphatic rings. The number of rotatable bonds is 2. The van der Waals surface area contributed by atoms with E-state index in [9.17, 15) is 4.39 Å². The van der Waals surface area contributed by atoms with E-state index < -0.39 is 0 Å². The molecule has 0 aliphatic heterocycles. The molecule has 0 unspecified atom stereocenters. The molecular weight excluding hydrogens is 420 g/mol. The van der Waals surface area contributed by atoms with Crippen molar-refractivity contribution >= 4 is 33.9 Å². The van der Waals surface area contributed by atoms with E-state index in [2.05, 4.69) is 37.5 Å². The lowest BCUT2D eigenvalue weighted by Gasteiger charge is -2.02. The van der Waals surface area contributed by atoms with Crippen LogP contribution < -0.4 is 5.73 Å². The molecule has 4 rings (SSSR count). The highest BCUT2D eigenvalue weighted by Gasteiger charge is 2.14. The Morgan fingerprint density at radius 3 is 2.54 bits per heavy atom. The number of halogens is 2. The van der Waals surface area contributed by atoms with Crippen molar-refractivity contribution in [1.82, 2.24) is 19.4 Å². The second-order valence-corrected chi connectivity index (χ2v) is 6.30. The fourth-order valence-corrected chi connectivity index (χ4v) is 3.38. The predicted molar refractivity (Wildman–Crippen MR) is 98.7 cm³/mol. The molecule has 0 amide bonds. The van der Waals surface area contributed by atoms with Crippen LogP contribution in [0.4, 0.5) is 10.2 Å². The van der Waals surface area contributed by atoms with Crippen LogP contribution in [0.25, 0.3) is 28.0 Å². The molecule has 2 N–H and O–H groups in total. The lowest BCUT2D eigenvalue weighted by molar-refractivity contribution is 0.622. The number of aromatic nitrogens is 4. The predicted octanol–water partition coefficient (Wildman–Crippen LogP) is 3.78. The molecule has 0 aliphatic carbocycles. The second kappa shape index (κ2) is 5.82. The van der Waals surface area contributed by atoms with Gasteiger partial charge in [0, 0.05) is 33.3 Å². The van der Waals surface area contributed by atoms with Crippen molar-refractivity contribution in [3.8, 4) is 22.5 Å². The maximum Gasteiger partial charge on any atom is 0.141 e. The summed E-state index contributed by atoms with van der Waals surface area (Å²) >= 11 is 2.28. The van der Waals surface area contributed by atoms with Crippen molar-refractivity contribution in [1.29, 1.82) is 0 Å². The van der Waals surface area contributed by atoms with E-state index in [1.807, 2.05) is 28.9 Å². The third kappa shape index (κ3) is 2.50. The van der Waals surface area contributed by atoms with E-state index in [0.29, 0.717) is 17.2 Å². The van der Waals surface area contributed by atoms with Crippen LogP contribution in [0, 0.1) is 9.39 Å². The smallest absolute Gasteiger partial charge is 0.141 e. The topological polar surface area (TPSA) is 69.1 Å². The second-order valence-electron chi connectivity index (χ2n) is 5.22. The zero-order chi connectivity index (χ0) is 16.7. The highest BCUT2D eigenvalue weighted by molar-refractivity contribution is 14.1. The molecule has 0 fully saturated rings. The number of hydrogen-bond donors (Lipinski definition) is 1. The molecule has 4 heterocycles. The Labute approximate surface area is 150 Å². The van der Waals surface area contributed by atoms with E-state index in [1.165, 1.54) is 12.3 Å². The lowest BCUT2D eigenvalue weighted by atomic mass is 10.1. The zero-order valence-corrected chi connectivity index (χ0v) is 14.5. The minimum Gasteiger partial charge on any atom is -0.383 e. The molecule has 118 valence electrons. The zero-order valence-electron chi connectivity index (χ0n) is 12.3. The number of nitrogens with two attached hydrogens (primary N) is 1. The van der Waals surface area contributed by atoms with Gasteiger partial charge < -0.3 is 10.1 Å². The van der Waals surface area contributed by atoms with Crippen LogP contribution in [0.15, 0.2) is 55.2 Å². The number of fused-ring (bicyclic) bond motifs is 1. The average molecular weight is 431 g/mol. The molecule has 0 radical (unpaired) electrons. The largest absolute Gasteiger partial charge is 0.383 e. The first kappa shape index (κ1) is 15.0. The number of hydrogen-bond acceptors (Lipinski definition) is 4. The molecule has 4 aromatic rings. The molecule has 0 aromatic carbocycles. The van der Waals surface area contributed by atoms with Crippen LogP contribution >= 0.6 is 22.6 Å². The van der Waals surface area contributed by atoms with Gasteiger partial charge in [-0.25, -0.2) is 9.37 Å².